The van der Waals surface area contributed by atoms with Crippen LogP contribution in [0.25, 0.3) is 0 Å². The third-order valence-electron chi connectivity index (χ3n) is 7.61. The highest BCUT2D eigenvalue weighted by molar-refractivity contribution is 5.89. The minimum absolute atomic E-state index is 0.0724. The second-order valence-electron chi connectivity index (χ2n) is 10.9. The summed E-state index contributed by atoms with van der Waals surface area (Å²) in [5, 5.41) is 5.76. The van der Waals surface area contributed by atoms with Crippen LogP contribution in [0.3, 0.4) is 0 Å². The molecule has 9 heteroatoms. The van der Waals surface area contributed by atoms with Crippen molar-refractivity contribution in [2.75, 3.05) is 19.6 Å². The van der Waals surface area contributed by atoms with Crippen LogP contribution in [-0.2, 0) is 27.4 Å². The van der Waals surface area contributed by atoms with E-state index in [1.165, 1.54) is 12.7 Å². The Bertz CT molecular complexity index is 1210. The zero-order valence-electron chi connectivity index (χ0n) is 23.8. The van der Waals surface area contributed by atoms with Crippen molar-refractivity contribution in [1.29, 1.82) is 0 Å². The van der Waals surface area contributed by atoms with Crippen molar-refractivity contribution in [3.8, 4) is 0 Å². The quantitative estimate of drug-likeness (QED) is 0.284. The van der Waals surface area contributed by atoms with Crippen LogP contribution in [0.5, 0.6) is 0 Å². The van der Waals surface area contributed by atoms with Crippen LogP contribution in [-0.4, -0.2) is 58.5 Å². The molecule has 4 rings (SSSR count). The molecule has 0 bridgehead atoms. The summed E-state index contributed by atoms with van der Waals surface area (Å²) >= 11 is 0. The monoisotopic (exact) mass is 559 g/mol. The zero-order chi connectivity index (χ0) is 28.9. The standard InChI is InChI=1S/C32H41N5O4/c1-24(27-15-9-4-10-16-27)18-34-30(38)21-37(20-25-11-5-2-6-12-25)31(39)29(17-28-19-33-23-35-28)36-32(40)41-22-26-13-7-3-8-14-26/h3-4,7-10,13-16,19,23-25,29H,2,5-6,11-12,17-18,20-22H2,1H3,(H,33,35)(H,34,38)(H,36,40)/t24?,29-/m0/s1. The Balaban J connectivity index is 1.43. The molecule has 1 aliphatic rings. The van der Waals surface area contributed by atoms with Gasteiger partial charge in [-0.1, -0.05) is 86.8 Å². The van der Waals surface area contributed by atoms with Crippen LogP contribution in [0.15, 0.2) is 73.2 Å². The highest BCUT2D eigenvalue weighted by Crippen LogP contribution is 2.25. The number of carbonyl (C=O) groups excluding carboxylic acids is 3. The lowest BCUT2D eigenvalue weighted by molar-refractivity contribution is -0.138. The summed E-state index contributed by atoms with van der Waals surface area (Å²) in [4.78, 5) is 48.6. The number of benzene rings is 2. The molecule has 0 saturated heterocycles. The van der Waals surface area contributed by atoms with E-state index in [0.717, 1.165) is 36.8 Å². The molecule has 218 valence electrons. The van der Waals surface area contributed by atoms with Crippen molar-refractivity contribution >= 4 is 17.9 Å². The fourth-order valence-electron chi connectivity index (χ4n) is 5.25. The Morgan fingerprint density at radius 2 is 1.73 bits per heavy atom. The maximum absolute atomic E-state index is 14.0. The van der Waals surface area contributed by atoms with Gasteiger partial charge in [0.05, 0.1) is 12.9 Å². The van der Waals surface area contributed by atoms with E-state index < -0.39 is 12.1 Å². The van der Waals surface area contributed by atoms with E-state index in [1.54, 1.807) is 11.1 Å². The number of hydrogen-bond acceptors (Lipinski definition) is 5. The molecule has 1 heterocycles. The molecule has 1 fully saturated rings. The second kappa shape index (κ2) is 15.6. The van der Waals surface area contributed by atoms with Gasteiger partial charge in [-0.25, -0.2) is 9.78 Å². The number of aromatic amines is 1. The lowest BCUT2D eigenvalue weighted by atomic mass is 9.88. The fraction of sp³-hybridized carbons (Fsp3) is 0.438. The number of imidazole rings is 1. The smallest absolute Gasteiger partial charge is 0.408 e. The van der Waals surface area contributed by atoms with E-state index in [-0.39, 0.29) is 37.3 Å². The van der Waals surface area contributed by atoms with Gasteiger partial charge in [0.1, 0.15) is 12.6 Å². The third kappa shape index (κ3) is 9.77. The number of alkyl carbamates (subject to hydrolysis) is 1. The number of nitrogens with zero attached hydrogens (tertiary/aromatic N) is 2. The number of H-pyrrole nitrogens is 1. The van der Waals surface area contributed by atoms with E-state index in [4.69, 9.17) is 4.74 Å². The zero-order valence-corrected chi connectivity index (χ0v) is 23.8. The summed E-state index contributed by atoms with van der Waals surface area (Å²) in [7, 11) is 0. The topological polar surface area (TPSA) is 116 Å². The van der Waals surface area contributed by atoms with Crippen molar-refractivity contribution in [3.63, 3.8) is 0 Å². The van der Waals surface area contributed by atoms with E-state index in [1.807, 2.05) is 60.7 Å². The lowest BCUT2D eigenvalue weighted by Gasteiger charge is -2.32. The molecular formula is C32H41N5O4. The first-order valence-corrected chi connectivity index (χ1v) is 14.5. The maximum atomic E-state index is 14.0. The molecule has 0 spiro atoms. The van der Waals surface area contributed by atoms with Gasteiger partial charge in [0.15, 0.2) is 0 Å². The fourth-order valence-corrected chi connectivity index (χ4v) is 5.25. The summed E-state index contributed by atoms with van der Waals surface area (Å²) in [5.74, 6) is -0.0737. The summed E-state index contributed by atoms with van der Waals surface area (Å²) in [6.07, 6.45) is 8.15. The van der Waals surface area contributed by atoms with Crippen molar-refractivity contribution in [2.45, 2.75) is 64.0 Å². The first-order valence-electron chi connectivity index (χ1n) is 14.5. The van der Waals surface area contributed by atoms with Gasteiger partial charge < -0.3 is 25.3 Å². The van der Waals surface area contributed by atoms with Gasteiger partial charge in [-0.05, 0) is 35.8 Å². The predicted molar refractivity (Wildman–Crippen MR) is 157 cm³/mol. The number of nitrogens with one attached hydrogen (secondary N) is 3. The van der Waals surface area contributed by atoms with Crippen LogP contribution < -0.4 is 10.6 Å². The molecule has 1 unspecified atom stereocenters. The Morgan fingerprint density at radius 1 is 1.02 bits per heavy atom. The average Bonchev–Trinajstić information content (AvgIpc) is 3.52. The largest absolute Gasteiger partial charge is 0.445 e. The number of aromatic nitrogens is 2. The molecule has 0 radical (unpaired) electrons. The molecule has 2 aromatic carbocycles. The van der Waals surface area contributed by atoms with Crippen LogP contribution in [0.1, 0.15) is 61.8 Å². The van der Waals surface area contributed by atoms with Crippen molar-refractivity contribution < 1.29 is 19.1 Å². The van der Waals surface area contributed by atoms with Gasteiger partial charge in [0, 0.05) is 31.4 Å². The maximum Gasteiger partial charge on any atom is 0.408 e. The molecule has 3 N–H and O–H groups in total. The second-order valence-corrected chi connectivity index (χ2v) is 10.9. The number of hydrogen-bond donors (Lipinski definition) is 3. The van der Waals surface area contributed by atoms with Gasteiger partial charge >= 0.3 is 6.09 Å². The molecule has 1 aliphatic carbocycles. The third-order valence-corrected chi connectivity index (χ3v) is 7.61. The van der Waals surface area contributed by atoms with Crippen LogP contribution in [0, 0.1) is 5.92 Å². The molecular weight excluding hydrogens is 518 g/mol. The number of ether oxygens (including phenoxy) is 1. The molecule has 1 aromatic heterocycles. The van der Waals surface area contributed by atoms with Gasteiger partial charge in [0.25, 0.3) is 0 Å². The minimum Gasteiger partial charge on any atom is -0.445 e. The first-order chi connectivity index (χ1) is 20.0. The Kier molecular flexibility index (Phi) is 11.3. The summed E-state index contributed by atoms with van der Waals surface area (Å²) in [6, 6.07) is 18.5. The normalized spacial score (nSPS) is 15.0. The van der Waals surface area contributed by atoms with Crippen molar-refractivity contribution in [1.82, 2.24) is 25.5 Å². The number of carbonyl (C=O) groups is 3. The van der Waals surface area contributed by atoms with E-state index in [2.05, 4.69) is 27.5 Å². The van der Waals surface area contributed by atoms with Crippen LogP contribution >= 0.6 is 0 Å². The summed E-state index contributed by atoms with van der Waals surface area (Å²) < 4.78 is 5.42. The van der Waals surface area contributed by atoms with Crippen molar-refractivity contribution in [3.05, 3.63) is 90.0 Å². The molecule has 41 heavy (non-hydrogen) atoms. The molecule has 0 aliphatic heterocycles. The minimum atomic E-state index is -0.918. The summed E-state index contributed by atoms with van der Waals surface area (Å²) in [6.45, 7) is 3.02. The van der Waals surface area contributed by atoms with Gasteiger partial charge in [-0.3, -0.25) is 9.59 Å². The molecule has 9 nitrogen and oxygen atoms in total. The van der Waals surface area contributed by atoms with E-state index in [9.17, 15) is 14.4 Å². The van der Waals surface area contributed by atoms with E-state index >= 15 is 0 Å². The van der Waals surface area contributed by atoms with E-state index in [0.29, 0.717) is 24.7 Å². The average molecular weight is 560 g/mol. The Morgan fingerprint density at radius 3 is 2.41 bits per heavy atom. The molecule has 2 atom stereocenters. The lowest BCUT2D eigenvalue weighted by Crippen LogP contribution is -2.53. The van der Waals surface area contributed by atoms with Crippen LogP contribution in [0.2, 0.25) is 0 Å². The highest BCUT2D eigenvalue weighted by Gasteiger charge is 2.31. The number of amides is 3. The molecule has 1 saturated carbocycles. The highest BCUT2D eigenvalue weighted by atomic mass is 16.5. The van der Waals surface area contributed by atoms with Gasteiger partial charge in [-0.15, -0.1) is 0 Å². The first kappa shape index (κ1) is 29.8. The molecule has 3 amide bonds. The summed E-state index contributed by atoms with van der Waals surface area (Å²) in [5.41, 5.74) is 2.69. The molecule has 3 aromatic rings. The van der Waals surface area contributed by atoms with Crippen molar-refractivity contribution in [2.24, 2.45) is 5.92 Å². The van der Waals surface area contributed by atoms with Crippen LogP contribution in [0.4, 0.5) is 4.79 Å². The van der Waals surface area contributed by atoms with Gasteiger partial charge in [-0.2, -0.15) is 0 Å². The Hall–Kier alpha value is -4.14. The SMILES string of the molecule is CC(CNC(=O)CN(CC1CCCCC1)C(=O)[C@H](Cc1cnc[nH]1)NC(=O)OCc1ccccc1)c1ccccc1. The number of rotatable bonds is 13. The Labute approximate surface area is 242 Å². The van der Waals surface area contributed by atoms with Gasteiger partial charge in [0.2, 0.25) is 11.8 Å². The predicted octanol–water partition coefficient (Wildman–Crippen LogP) is 4.58.